The zero-order valence-corrected chi connectivity index (χ0v) is 15.0. The molecule has 1 atom stereocenters. The second-order valence-electron chi connectivity index (χ2n) is 5.65. The Morgan fingerprint density at radius 1 is 1.04 bits per heavy atom. The predicted molar refractivity (Wildman–Crippen MR) is 93.0 cm³/mol. The molecule has 10 heteroatoms. The number of hydrogen-bond donors (Lipinski definition) is 1. The maximum absolute atomic E-state index is 13.6. The summed E-state index contributed by atoms with van der Waals surface area (Å²) in [5, 5.41) is 14.3. The number of nitrogens with zero attached hydrogens (tertiary/aromatic N) is 3. The van der Waals surface area contributed by atoms with E-state index in [9.17, 15) is 18.3 Å². The first kappa shape index (κ1) is 19.5. The summed E-state index contributed by atoms with van der Waals surface area (Å²) in [5.41, 5.74) is -3.77. The molecule has 0 radical (unpaired) electrons. The van der Waals surface area contributed by atoms with Gasteiger partial charge >= 0.3 is 6.18 Å². The standard InChI is InChI=1S/C17H12Cl2F3N3O2/c18-11-1-3-12(4-2-11)27-13-5-6-14(15(19)7-13)16(26,17(20,21)22)8-25-10-23-9-24-25/h1-7,9-10,26H,8H2. The predicted octanol–water partition coefficient (Wildman–Crippen LogP) is 4.83. The Morgan fingerprint density at radius 2 is 1.70 bits per heavy atom. The Morgan fingerprint density at radius 3 is 2.26 bits per heavy atom. The van der Waals surface area contributed by atoms with Gasteiger partial charge in [0, 0.05) is 10.6 Å². The average molecular weight is 418 g/mol. The summed E-state index contributed by atoms with van der Waals surface area (Å²) in [6, 6.07) is 9.96. The van der Waals surface area contributed by atoms with Crippen molar-refractivity contribution in [2.24, 2.45) is 0 Å². The van der Waals surface area contributed by atoms with E-state index in [4.69, 9.17) is 27.9 Å². The van der Waals surface area contributed by atoms with Crippen LogP contribution in [0.25, 0.3) is 0 Å². The molecule has 27 heavy (non-hydrogen) atoms. The third kappa shape index (κ3) is 4.18. The van der Waals surface area contributed by atoms with E-state index in [0.717, 1.165) is 23.4 Å². The minimum atomic E-state index is -5.00. The van der Waals surface area contributed by atoms with Crippen LogP contribution in [0.5, 0.6) is 11.5 Å². The average Bonchev–Trinajstić information content (AvgIpc) is 3.09. The highest BCUT2D eigenvalue weighted by atomic mass is 35.5. The Kier molecular flexibility index (Phi) is 5.32. The smallest absolute Gasteiger partial charge is 0.423 e. The van der Waals surface area contributed by atoms with E-state index >= 15 is 0 Å². The fourth-order valence-electron chi connectivity index (χ4n) is 2.41. The van der Waals surface area contributed by atoms with Gasteiger partial charge in [-0.2, -0.15) is 18.3 Å². The van der Waals surface area contributed by atoms with Crippen molar-refractivity contribution < 1.29 is 23.0 Å². The Labute approximate surface area is 161 Å². The van der Waals surface area contributed by atoms with Crippen LogP contribution in [0.1, 0.15) is 5.56 Å². The van der Waals surface area contributed by atoms with Gasteiger partial charge in [0.05, 0.1) is 11.6 Å². The summed E-state index contributed by atoms with van der Waals surface area (Å²) in [7, 11) is 0. The van der Waals surface area contributed by atoms with Gasteiger partial charge in [0.2, 0.25) is 5.60 Å². The zero-order chi connectivity index (χ0) is 19.7. The first-order valence-electron chi connectivity index (χ1n) is 7.54. The van der Waals surface area contributed by atoms with Crippen LogP contribution >= 0.6 is 23.2 Å². The summed E-state index contributed by atoms with van der Waals surface area (Å²) in [5.74, 6) is 0.633. The number of aromatic nitrogens is 3. The highest BCUT2D eigenvalue weighted by molar-refractivity contribution is 6.31. The molecular weight excluding hydrogens is 406 g/mol. The lowest BCUT2D eigenvalue weighted by molar-refractivity contribution is -0.272. The van der Waals surface area contributed by atoms with Crippen molar-refractivity contribution in [1.82, 2.24) is 14.8 Å². The number of benzene rings is 2. The van der Waals surface area contributed by atoms with Crippen LogP contribution < -0.4 is 4.74 Å². The molecule has 0 spiro atoms. The molecule has 0 amide bonds. The van der Waals surface area contributed by atoms with Crippen LogP contribution in [-0.2, 0) is 12.1 Å². The number of aliphatic hydroxyl groups is 1. The largest absolute Gasteiger partial charge is 0.457 e. The number of alkyl halides is 3. The molecule has 1 unspecified atom stereocenters. The van der Waals surface area contributed by atoms with Gasteiger partial charge in [0.15, 0.2) is 0 Å². The van der Waals surface area contributed by atoms with Gasteiger partial charge in [0.1, 0.15) is 24.2 Å². The molecule has 5 nitrogen and oxygen atoms in total. The van der Waals surface area contributed by atoms with Crippen LogP contribution in [0.4, 0.5) is 13.2 Å². The number of rotatable bonds is 5. The Bertz CT molecular complexity index is 918. The molecule has 3 rings (SSSR count). The molecule has 1 N–H and O–H groups in total. The van der Waals surface area contributed by atoms with E-state index in [2.05, 4.69) is 10.1 Å². The van der Waals surface area contributed by atoms with Crippen LogP contribution in [-0.4, -0.2) is 26.0 Å². The molecule has 0 aliphatic carbocycles. The van der Waals surface area contributed by atoms with E-state index in [1.807, 2.05) is 0 Å². The number of hydrogen-bond acceptors (Lipinski definition) is 4. The molecule has 142 valence electrons. The highest BCUT2D eigenvalue weighted by Gasteiger charge is 2.56. The summed E-state index contributed by atoms with van der Waals surface area (Å²) >= 11 is 11.8. The third-order valence-electron chi connectivity index (χ3n) is 3.76. The summed E-state index contributed by atoms with van der Waals surface area (Å²) < 4.78 is 47.3. The monoisotopic (exact) mass is 417 g/mol. The number of ether oxygens (including phenoxy) is 1. The molecule has 0 saturated heterocycles. The van der Waals surface area contributed by atoms with E-state index in [0.29, 0.717) is 10.8 Å². The first-order chi connectivity index (χ1) is 12.7. The minimum absolute atomic E-state index is 0.205. The summed E-state index contributed by atoms with van der Waals surface area (Å²) in [4.78, 5) is 3.58. The van der Waals surface area contributed by atoms with E-state index < -0.39 is 23.9 Å². The van der Waals surface area contributed by atoms with Crippen molar-refractivity contribution in [2.45, 2.75) is 18.3 Å². The molecule has 0 bridgehead atoms. The lowest BCUT2D eigenvalue weighted by Gasteiger charge is -2.31. The Balaban J connectivity index is 1.93. The van der Waals surface area contributed by atoms with Crippen molar-refractivity contribution in [1.29, 1.82) is 0 Å². The quantitative estimate of drug-likeness (QED) is 0.645. The number of halogens is 5. The van der Waals surface area contributed by atoms with E-state index in [1.165, 1.54) is 12.1 Å². The fourth-order valence-corrected chi connectivity index (χ4v) is 2.86. The van der Waals surface area contributed by atoms with Gasteiger partial charge in [-0.05, 0) is 36.4 Å². The van der Waals surface area contributed by atoms with Crippen LogP contribution in [0.3, 0.4) is 0 Å². The van der Waals surface area contributed by atoms with Crippen molar-refractivity contribution in [3.8, 4) is 11.5 Å². The normalized spacial score (nSPS) is 14.0. The minimum Gasteiger partial charge on any atom is -0.457 e. The van der Waals surface area contributed by atoms with Crippen LogP contribution in [0.15, 0.2) is 55.1 Å². The second kappa shape index (κ2) is 7.38. The SMILES string of the molecule is OC(Cn1cncn1)(c1ccc(Oc2ccc(Cl)cc2)cc1Cl)C(F)(F)F. The molecule has 1 heterocycles. The molecule has 2 aromatic carbocycles. The van der Waals surface area contributed by atoms with Crippen molar-refractivity contribution in [3.05, 3.63) is 70.7 Å². The Hall–Kier alpha value is -2.29. The lowest BCUT2D eigenvalue weighted by Crippen LogP contribution is -2.46. The maximum atomic E-state index is 13.6. The molecule has 0 aliphatic rings. The van der Waals surface area contributed by atoms with Gasteiger partial charge in [-0.1, -0.05) is 29.3 Å². The molecule has 1 aromatic heterocycles. The maximum Gasteiger partial charge on any atom is 0.423 e. The molecule has 0 saturated carbocycles. The summed E-state index contributed by atoms with van der Waals surface area (Å²) in [6.45, 7) is -0.895. The second-order valence-corrected chi connectivity index (χ2v) is 6.49. The summed E-state index contributed by atoms with van der Waals surface area (Å²) in [6.07, 6.45) is -2.86. The van der Waals surface area contributed by atoms with Crippen LogP contribution in [0.2, 0.25) is 10.0 Å². The van der Waals surface area contributed by atoms with Crippen molar-refractivity contribution in [2.75, 3.05) is 0 Å². The third-order valence-corrected chi connectivity index (χ3v) is 4.33. The first-order valence-corrected chi connectivity index (χ1v) is 8.29. The lowest BCUT2D eigenvalue weighted by atomic mass is 9.92. The molecular formula is C17H12Cl2F3N3O2. The molecule has 0 fully saturated rings. The molecule has 0 aliphatic heterocycles. The highest BCUT2D eigenvalue weighted by Crippen LogP contribution is 2.44. The van der Waals surface area contributed by atoms with Gasteiger partial charge in [0.25, 0.3) is 0 Å². The van der Waals surface area contributed by atoms with Gasteiger partial charge in [-0.3, -0.25) is 0 Å². The molecule has 3 aromatic rings. The van der Waals surface area contributed by atoms with Gasteiger partial charge in [-0.25, -0.2) is 9.67 Å². The van der Waals surface area contributed by atoms with Gasteiger partial charge in [-0.15, -0.1) is 0 Å². The van der Waals surface area contributed by atoms with E-state index in [1.54, 1.807) is 24.3 Å². The fraction of sp³-hybridized carbons (Fsp3) is 0.176. The zero-order valence-electron chi connectivity index (χ0n) is 13.5. The topological polar surface area (TPSA) is 60.2 Å². The van der Waals surface area contributed by atoms with Crippen molar-refractivity contribution in [3.63, 3.8) is 0 Å². The van der Waals surface area contributed by atoms with Crippen molar-refractivity contribution >= 4 is 23.2 Å². The van der Waals surface area contributed by atoms with E-state index in [-0.39, 0.29) is 10.8 Å². The van der Waals surface area contributed by atoms with Gasteiger partial charge < -0.3 is 9.84 Å². The van der Waals surface area contributed by atoms with Crippen LogP contribution in [0, 0.1) is 0 Å².